The van der Waals surface area contributed by atoms with Gasteiger partial charge in [-0.25, -0.2) is 4.79 Å². The van der Waals surface area contributed by atoms with Crippen molar-refractivity contribution in [2.45, 2.75) is 51.1 Å². The summed E-state index contributed by atoms with van der Waals surface area (Å²) >= 11 is 1.64. The largest absolute Gasteiger partial charge is 0.465 e. The number of benzene rings is 1. The first kappa shape index (κ1) is 19.6. The minimum absolute atomic E-state index is 0.164. The lowest BCUT2D eigenvalue weighted by Crippen LogP contribution is -2.66. The topological polar surface area (TPSA) is 69.6 Å². The van der Waals surface area contributed by atoms with Crippen molar-refractivity contribution in [2.75, 3.05) is 18.1 Å². The maximum atomic E-state index is 12.9. The lowest BCUT2D eigenvalue weighted by molar-refractivity contribution is -0.134. The highest BCUT2D eigenvalue weighted by Crippen LogP contribution is 2.38. The van der Waals surface area contributed by atoms with Crippen molar-refractivity contribution >= 4 is 23.8 Å². The van der Waals surface area contributed by atoms with Crippen LogP contribution in [0.25, 0.3) is 0 Å². The number of hydrogen-bond acceptors (Lipinski definition) is 3. The monoisotopic (exact) mass is 364 g/mol. The van der Waals surface area contributed by atoms with Crippen molar-refractivity contribution in [1.82, 2.24) is 10.2 Å². The van der Waals surface area contributed by atoms with Gasteiger partial charge in [0.2, 0.25) is 5.91 Å². The van der Waals surface area contributed by atoms with E-state index >= 15 is 0 Å². The molecule has 1 aliphatic rings. The first-order chi connectivity index (χ1) is 11.8. The lowest BCUT2D eigenvalue weighted by atomic mass is 9.89. The minimum Gasteiger partial charge on any atom is -0.465 e. The third-order valence-corrected chi connectivity index (χ3v) is 5.66. The molecule has 1 aromatic rings. The van der Waals surface area contributed by atoms with Crippen LogP contribution in [0.3, 0.4) is 0 Å². The zero-order chi connectivity index (χ0) is 18.5. The van der Waals surface area contributed by atoms with Gasteiger partial charge in [-0.05, 0) is 51.3 Å². The fraction of sp³-hybridized carbons (Fsp3) is 0.579. The van der Waals surface area contributed by atoms with Gasteiger partial charge in [-0.2, -0.15) is 11.8 Å². The number of nitrogens with zero attached hydrogens (tertiary/aromatic N) is 1. The molecule has 1 fully saturated rings. The van der Waals surface area contributed by atoms with Crippen LogP contribution in [0.1, 0.15) is 39.2 Å². The average Bonchev–Trinajstić information content (AvgIpc) is 3.01. The number of amides is 2. The molecule has 0 radical (unpaired) electrons. The van der Waals surface area contributed by atoms with Crippen LogP contribution in [0.2, 0.25) is 0 Å². The van der Waals surface area contributed by atoms with Crippen LogP contribution in [-0.4, -0.2) is 51.1 Å². The molecular weight excluding hydrogens is 336 g/mol. The third kappa shape index (κ3) is 4.69. The van der Waals surface area contributed by atoms with Gasteiger partial charge in [0, 0.05) is 17.8 Å². The Hall–Kier alpha value is -1.69. The molecular formula is C19H28N2O3S. The van der Waals surface area contributed by atoms with E-state index in [4.69, 9.17) is 0 Å². The molecule has 1 aromatic carbocycles. The van der Waals surface area contributed by atoms with Gasteiger partial charge in [-0.1, -0.05) is 30.3 Å². The van der Waals surface area contributed by atoms with E-state index in [-0.39, 0.29) is 5.91 Å². The Morgan fingerprint density at radius 3 is 2.48 bits per heavy atom. The number of nitrogens with one attached hydrogen (secondary N) is 1. The van der Waals surface area contributed by atoms with E-state index in [0.29, 0.717) is 18.7 Å². The van der Waals surface area contributed by atoms with Gasteiger partial charge >= 0.3 is 6.09 Å². The average molecular weight is 365 g/mol. The van der Waals surface area contributed by atoms with Crippen molar-refractivity contribution in [1.29, 1.82) is 0 Å². The second-order valence-corrected chi connectivity index (χ2v) is 8.57. The summed E-state index contributed by atoms with van der Waals surface area (Å²) in [7, 11) is 0. The molecule has 138 valence electrons. The van der Waals surface area contributed by atoms with Gasteiger partial charge in [0.15, 0.2) is 0 Å². The highest BCUT2D eigenvalue weighted by molar-refractivity contribution is 7.99. The van der Waals surface area contributed by atoms with Gasteiger partial charge in [0.1, 0.15) is 5.54 Å². The maximum absolute atomic E-state index is 12.9. The van der Waals surface area contributed by atoms with Crippen LogP contribution in [0.15, 0.2) is 30.3 Å². The van der Waals surface area contributed by atoms with Gasteiger partial charge in [0.05, 0.1) is 0 Å². The summed E-state index contributed by atoms with van der Waals surface area (Å²) in [5.41, 5.74) is -0.357. The number of carboxylic acid groups (broad SMARTS) is 1. The highest BCUT2D eigenvalue weighted by atomic mass is 32.2. The third-order valence-electron chi connectivity index (χ3n) is 4.48. The SMILES string of the molecule is CC(C)(C)N(C(=O)O)C1(C(=O)NCCCc2ccccc2)CCSC1. The van der Waals surface area contributed by atoms with Crippen LogP contribution in [0.4, 0.5) is 4.79 Å². The van der Waals surface area contributed by atoms with E-state index < -0.39 is 17.2 Å². The molecule has 2 amide bonds. The predicted molar refractivity (Wildman–Crippen MR) is 102 cm³/mol. The fourth-order valence-corrected chi connectivity index (χ4v) is 4.80. The van der Waals surface area contributed by atoms with E-state index in [2.05, 4.69) is 17.4 Å². The molecule has 6 heteroatoms. The summed E-state index contributed by atoms with van der Waals surface area (Å²) in [6.07, 6.45) is 1.26. The molecule has 1 heterocycles. The summed E-state index contributed by atoms with van der Waals surface area (Å²) in [6, 6.07) is 10.1. The highest BCUT2D eigenvalue weighted by Gasteiger charge is 2.52. The molecule has 0 saturated carbocycles. The fourth-order valence-electron chi connectivity index (χ4n) is 3.43. The quantitative estimate of drug-likeness (QED) is 0.759. The number of thioether (sulfide) groups is 1. The second kappa shape index (κ2) is 8.13. The molecule has 1 unspecified atom stereocenters. The Balaban J connectivity index is 2.01. The van der Waals surface area contributed by atoms with Crippen molar-refractivity contribution < 1.29 is 14.7 Å². The summed E-state index contributed by atoms with van der Waals surface area (Å²) in [5, 5.41) is 12.7. The first-order valence-electron chi connectivity index (χ1n) is 8.70. The summed E-state index contributed by atoms with van der Waals surface area (Å²) in [6.45, 7) is 6.08. The van der Waals surface area contributed by atoms with Gasteiger partial charge < -0.3 is 10.4 Å². The Morgan fingerprint density at radius 2 is 1.96 bits per heavy atom. The predicted octanol–water partition coefficient (Wildman–Crippen LogP) is 3.39. The van der Waals surface area contributed by atoms with E-state index in [0.717, 1.165) is 18.6 Å². The second-order valence-electron chi connectivity index (χ2n) is 7.47. The number of carbonyl (C=O) groups is 2. The Morgan fingerprint density at radius 1 is 1.28 bits per heavy atom. The van der Waals surface area contributed by atoms with Gasteiger partial charge in [0.25, 0.3) is 0 Å². The molecule has 1 atom stereocenters. The number of carbonyl (C=O) groups excluding carboxylic acids is 1. The Bertz CT molecular complexity index is 592. The molecule has 1 aliphatic heterocycles. The van der Waals surface area contributed by atoms with Crippen molar-refractivity contribution in [3.8, 4) is 0 Å². The summed E-state index contributed by atoms with van der Waals surface area (Å²) < 4.78 is 0. The van der Waals surface area contributed by atoms with E-state index in [9.17, 15) is 14.7 Å². The normalized spacial score (nSPS) is 20.3. The maximum Gasteiger partial charge on any atom is 0.408 e. The van der Waals surface area contributed by atoms with Crippen molar-refractivity contribution in [3.05, 3.63) is 35.9 Å². The zero-order valence-electron chi connectivity index (χ0n) is 15.2. The van der Waals surface area contributed by atoms with Crippen LogP contribution in [0.5, 0.6) is 0 Å². The number of rotatable bonds is 6. The number of hydrogen-bond donors (Lipinski definition) is 2. The molecule has 0 bridgehead atoms. The molecule has 25 heavy (non-hydrogen) atoms. The van der Waals surface area contributed by atoms with E-state index in [1.54, 1.807) is 11.8 Å². The standard InChI is InChI=1S/C19H28N2O3S/c1-18(2,3)21(17(23)24)19(11-13-25-14-19)16(22)20-12-7-10-15-8-5-4-6-9-15/h4-6,8-9H,7,10-14H2,1-3H3,(H,20,22)(H,23,24). The zero-order valence-corrected chi connectivity index (χ0v) is 16.1. The smallest absolute Gasteiger partial charge is 0.408 e. The van der Waals surface area contributed by atoms with E-state index in [1.807, 2.05) is 39.0 Å². The molecule has 1 saturated heterocycles. The summed E-state index contributed by atoms with van der Waals surface area (Å²) in [5.74, 6) is 1.15. The first-order valence-corrected chi connectivity index (χ1v) is 9.86. The summed E-state index contributed by atoms with van der Waals surface area (Å²) in [4.78, 5) is 26.2. The molecule has 2 N–H and O–H groups in total. The lowest BCUT2D eigenvalue weighted by Gasteiger charge is -2.45. The van der Waals surface area contributed by atoms with Crippen LogP contribution >= 0.6 is 11.8 Å². The molecule has 5 nitrogen and oxygen atoms in total. The van der Waals surface area contributed by atoms with Gasteiger partial charge in [-0.15, -0.1) is 0 Å². The minimum atomic E-state index is -1.03. The molecule has 2 rings (SSSR count). The molecule has 0 spiro atoms. The van der Waals surface area contributed by atoms with Crippen molar-refractivity contribution in [3.63, 3.8) is 0 Å². The van der Waals surface area contributed by atoms with Crippen molar-refractivity contribution in [2.24, 2.45) is 0 Å². The van der Waals surface area contributed by atoms with Crippen LogP contribution in [-0.2, 0) is 11.2 Å². The van der Waals surface area contributed by atoms with Crippen LogP contribution in [0, 0.1) is 0 Å². The molecule has 0 aromatic heterocycles. The van der Waals surface area contributed by atoms with E-state index in [1.165, 1.54) is 10.5 Å². The number of aryl methyl sites for hydroxylation is 1. The Labute approximate surface area is 154 Å². The van der Waals surface area contributed by atoms with Gasteiger partial charge in [-0.3, -0.25) is 9.69 Å². The molecule has 0 aliphatic carbocycles. The van der Waals surface area contributed by atoms with Crippen LogP contribution < -0.4 is 5.32 Å². The Kier molecular flexibility index (Phi) is 6.38.